The molecule has 1 aliphatic heterocycles. The van der Waals surface area contributed by atoms with Crippen LogP contribution in [0.3, 0.4) is 0 Å². The second-order valence-corrected chi connectivity index (χ2v) is 8.07. The number of anilines is 1. The molecule has 2 aromatic carbocycles. The molecule has 3 aromatic rings. The van der Waals surface area contributed by atoms with Crippen molar-refractivity contribution in [3.63, 3.8) is 0 Å². The zero-order valence-electron chi connectivity index (χ0n) is 17.7. The molecule has 0 radical (unpaired) electrons. The van der Waals surface area contributed by atoms with Crippen molar-refractivity contribution in [1.82, 2.24) is 25.1 Å². The Balaban J connectivity index is 1.61. The number of aryl methyl sites for hydroxylation is 1. The van der Waals surface area contributed by atoms with Crippen molar-refractivity contribution >= 4 is 17.3 Å². The van der Waals surface area contributed by atoms with E-state index in [4.69, 9.17) is 16.3 Å². The van der Waals surface area contributed by atoms with Gasteiger partial charge in [-0.3, -0.25) is 4.90 Å². The summed E-state index contributed by atoms with van der Waals surface area (Å²) in [5.41, 5.74) is 2.90. The van der Waals surface area contributed by atoms with Gasteiger partial charge in [0.2, 0.25) is 0 Å². The van der Waals surface area contributed by atoms with Crippen LogP contribution in [0.1, 0.15) is 23.0 Å². The van der Waals surface area contributed by atoms with Gasteiger partial charge in [-0.15, -0.1) is 5.10 Å². The Labute approximate surface area is 186 Å². The molecule has 0 bridgehead atoms. The Bertz CT molecular complexity index is 1020. The van der Waals surface area contributed by atoms with Crippen molar-refractivity contribution in [3.05, 3.63) is 70.3 Å². The summed E-state index contributed by atoms with van der Waals surface area (Å²) in [5, 5.41) is 13.0. The predicted octanol–water partition coefficient (Wildman–Crippen LogP) is 3.33. The van der Waals surface area contributed by atoms with Gasteiger partial charge in [0.15, 0.2) is 5.82 Å². The van der Waals surface area contributed by atoms with Crippen LogP contribution in [0, 0.1) is 12.7 Å². The van der Waals surface area contributed by atoms with Gasteiger partial charge in [-0.1, -0.05) is 35.9 Å². The predicted molar refractivity (Wildman–Crippen MR) is 118 cm³/mol. The van der Waals surface area contributed by atoms with Crippen LogP contribution >= 0.6 is 11.6 Å². The number of tetrazole rings is 1. The first-order valence-corrected chi connectivity index (χ1v) is 10.7. The fraction of sp³-hybridized carbons (Fsp3) is 0.409. The average molecular weight is 445 g/mol. The van der Waals surface area contributed by atoms with Gasteiger partial charge in [-0.25, -0.2) is 9.07 Å². The van der Waals surface area contributed by atoms with Crippen molar-refractivity contribution in [2.75, 3.05) is 44.8 Å². The molecule has 1 atom stereocenters. The number of aromatic nitrogens is 4. The lowest BCUT2D eigenvalue weighted by Gasteiger charge is -2.40. The third-order valence-corrected chi connectivity index (χ3v) is 5.94. The monoisotopic (exact) mass is 444 g/mol. The van der Waals surface area contributed by atoms with Gasteiger partial charge in [0.05, 0.1) is 13.2 Å². The van der Waals surface area contributed by atoms with E-state index in [0.717, 1.165) is 36.9 Å². The summed E-state index contributed by atoms with van der Waals surface area (Å²) < 4.78 is 21.7. The first kappa shape index (κ1) is 21.7. The SMILES string of the molecule is COCCn1nnnc1[C@H](c1ccccc1F)N1CCN(c2cc(Cl)ccc2C)CC1. The van der Waals surface area contributed by atoms with E-state index in [1.165, 1.54) is 11.6 Å². The largest absolute Gasteiger partial charge is 0.383 e. The lowest BCUT2D eigenvalue weighted by atomic mass is 10.0. The first-order chi connectivity index (χ1) is 15.1. The van der Waals surface area contributed by atoms with Crippen LogP contribution in [0.15, 0.2) is 42.5 Å². The maximum absolute atomic E-state index is 14.9. The summed E-state index contributed by atoms with van der Waals surface area (Å²) in [6, 6.07) is 12.4. The van der Waals surface area contributed by atoms with Crippen molar-refractivity contribution < 1.29 is 9.13 Å². The van der Waals surface area contributed by atoms with Crippen LogP contribution < -0.4 is 4.90 Å². The van der Waals surface area contributed by atoms with Crippen molar-refractivity contribution in [2.45, 2.75) is 19.5 Å². The van der Waals surface area contributed by atoms with Crippen molar-refractivity contribution in [2.24, 2.45) is 0 Å². The Morgan fingerprint density at radius 1 is 1.13 bits per heavy atom. The molecule has 4 rings (SSSR count). The number of hydrogen-bond acceptors (Lipinski definition) is 6. The molecule has 9 heteroatoms. The summed E-state index contributed by atoms with van der Waals surface area (Å²) >= 11 is 6.23. The zero-order valence-corrected chi connectivity index (χ0v) is 18.5. The number of nitrogens with zero attached hydrogens (tertiary/aromatic N) is 6. The minimum Gasteiger partial charge on any atom is -0.383 e. The number of ether oxygens (including phenoxy) is 1. The zero-order chi connectivity index (χ0) is 21.8. The summed E-state index contributed by atoms with van der Waals surface area (Å²) in [5.74, 6) is 0.358. The third kappa shape index (κ3) is 4.71. The lowest BCUT2D eigenvalue weighted by molar-refractivity contribution is 0.171. The Kier molecular flexibility index (Phi) is 6.80. The van der Waals surface area contributed by atoms with Gasteiger partial charge in [0, 0.05) is 49.6 Å². The minimum absolute atomic E-state index is 0.262. The quantitative estimate of drug-likeness (QED) is 0.557. The number of benzene rings is 2. The Morgan fingerprint density at radius 2 is 1.90 bits per heavy atom. The van der Waals surface area contributed by atoms with Gasteiger partial charge in [-0.2, -0.15) is 0 Å². The van der Waals surface area contributed by atoms with Crippen LogP contribution in [0.4, 0.5) is 10.1 Å². The molecule has 164 valence electrons. The molecule has 1 saturated heterocycles. The van der Waals surface area contributed by atoms with Gasteiger partial charge in [-0.05, 0) is 41.1 Å². The van der Waals surface area contributed by atoms with Crippen LogP contribution in [-0.4, -0.2) is 65.0 Å². The topological polar surface area (TPSA) is 59.3 Å². The van der Waals surface area contributed by atoms with E-state index in [-0.39, 0.29) is 11.9 Å². The molecular formula is C22H26ClFN6O. The molecule has 0 spiro atoms. The van der Waals surface area contributed by atoms with Crippen molar-refractivity contribution in [3.8, 4) is 0 Å². The standard InChI is InChI=1S/C22H26ClFN6O/c1-16-7-8-17(23)15-20(16)28-9-11-29(12-10-28)21(18-5-3-4-6-19(18)24)22-25-26-27-30(22)13-14-31-2/h3-8,15,21H,9-14H2,1-2H3/t21-/m0/s1. The summed E-state index contributed by atoms with van der Waals surface area (Å²) in [6.07, 6.45) is 0. The van der Waals surface area contributed by atoms with Crippen LogP contribution in [0.25, 0.3) is 0 Å². The third-order valence-electron chi connectivity index (χ3n) is 5.70. The second-order valence-electron chi connectivity index (χ2n) is 7.63. The molecule has 0 unspecified atom stereocenters. The van der Waals surface area contributed by atoms with Crippen LogP contribution in [0.2, 0.25) is 5.02 Å². The Morgan fingerprint density at radius 3 is 2.65 bits per heavy atom. The molecule has 0 amide bonds. The normalized spacial score (nSPS) is 15.9. The molecule has 1 fully saturated rings. The highest BCUT2D eigenvalue weighted by atomic mass is 35.5. The Hall–Kier alpha value is -2.55. The fourth-order valence-electron chi connectivity index (χ4n) is 4.08. The van der Waals surface area contributed by atoms with E-state index in [0.29, 0.717) is 24.5 Å². The summed E-state index contributed by atoms with van der Waals surface area (Å²) in [4.78, 5) is 4.56. The fourth-order valence-corrected chi connectivity index (χ4v) is 4.25. The molecular weight excluding hydrogens is 419 g/mol. The number of piperazine rings is 1. The summed E-state index contributed by atoms with van der Waals surface area (Å²) in [6.45, 7) is 6.14. The highest BCUT2D eigenvalue weighted by molar-refractivity contribution is 6.30. The van der Waals surface area contributed by atoms with Gasteiger partial charge >= 0.3 is 0 Å². The number of rotatable bonds is 7. The maximum Gasteiger partial charge on any atom is 0.173 e. The van der Waals surface area contributed by atoms with E-state index >= 15 is 0 Å². The smallest absolute Gasteiger partial charge is 0.173 e. The number of methoxy groups -OCH3 is 1. The van der Waals surface area contributed by atoms with Crippen LogP contribution in [-0.2, 0) is 11.3 Å². The molecule has 0 aliphatic carbocycles. The molecule has 31 heavy (non-hydrogen) atoms. The van der Waals surface area contributed by atoms with E-state index in [1.807, 2.05) is 30.3 Å². The van der Waals surface area contributed by atoms with Crippen molar-refractivity contribution in [1.29, 1.82) is 0 Å². The first-order valence-electron chi connectivity index (χ1n) is 10.3. The van der Waals surface area contributed by atoms with E-state index < -0.39 is 0 Å². The minimum atomic E-state index is -0.379. The van der Waals surface area contributed by atoms with E-state index in [2.05, 4.69) is 32.2 Å². The molecule has 7 nitrogen and oxygen atoms in total. The van der Waals surface area contributed by atoms with E-state index in [9.17, 15) is 4.39 Å². The molecule has 1 aromatic heterocycles. The number of hydrogen-bond donors (Lipinski definition) is 0. The number of halogens is 2. The van der Waals surface area contributed by atoms with Gasteiger partial charge in [0.1, 0.15) is 11.9 Å². The highest BCUT2D eigenvalue weighted by Gasteiger charge is 2.32. The second kappa shape index (κ2) is 9.72. The molecule has 0 saturated carbocycles. The molecule has 2 heterocycles. The average Bonchev–Trinajstić information content (AvgIpc) is 3.24. The van der Waals surface area contributed by atoms with Crippen LogP contribution in [0.5, 0.6) is 0 Å². The maximum atomic E-state index is 14.9. The van der Waals surface area contributed by atoms with E-state index in [1.54, 1.807) is 17.9 Å². The van der Waals surface area contributed by atoms with Gasteiger partial charge in [0.25, 0.3) is 0 Å². The molecule has 0 N–H and O–H groups in total. The lowest BCUT2D eigenvalue weighted by Crippen LogP contribution is -2.48. The van der Waals surface area contributed by atoms with Gasteiger partial charge < -0.3 is 9.64 Å². The summed E-state index contributed by atoms with van der Waals surface area (Å²) in [7, 11) is 1.63. The highest BCUT2D eigenvalue weighted by Crippen LogP contribution is 2.32. The molecule has 1 aliphatic rings.